The van der Waals surface area contributed by atoms with E-state index in [-0.39, 0.29) is 12.5 Å². The summed E-state index contributed by atoms with van der Waals surface area (Å²) in [7, 11) is 3.00. The molecule has 136 valence electrons. The molecule has 1 rings (SSSR count). The topological polar surface area (TPSA) is 103 Å². The van der Waals surface area contributed by atoms with Crippen LogP contribution in [0.3, 0.4) is 0 Å². The summed E-state index contributed by atoms with van der Waals surface area (Å²) in [4.78, 5) is 34.0. The average Bonchev–Trinajstić information content (AvgIpc) is 2.63. The number of methoxy groups -OCH3 is 1. The highest BCUT2D eigenvalue weighted by molar-refractivity contribution is 5.90. The van der Waals surface area contributed by atoms with Gasteiger partial charge in [-0.25, -0.2) is 4.79 Å². The highest BCUT2D eigenvalue weighted by Crippen LogP contribution is 2.28. The fraction of sp³-hybridized carbons (Fsp3) is 0.353. The summed E-state index contributed by atoms with van der Waals surface area (Å²) in [6.07, 6.45) is 2.73. The second kappa shape index (κ2) is 10.7. The predicted molar refractivity (Wildman–Crippen MR) is 91.2 cm³/mol. The third kappa shape index (κ3) is 7.38. The Morgan fingerprint density at radius 2 is 1.92 bits per heavy atom. The Balaban J connectivity index is 2.52. The van der Waals surface area contributed by atoms with Crippen LogP contribution in [0.4, 0.5) is 0 Å². The van der Waals surface area contributed by atoms with Gasteiger partial charge < -0.3 is 24.8 Å². The Morgan fingerprint density at radius 3 is 2.56 bits per heavy atom. The van der Waals surface area contributed by atoms with Crippen molar-refractivity contribution in [3.63, 3.8) is 0 Å². The minimum absolute atomic E-state index is 0.172. The van der Waals surface area contributed by atoms with Gasteiger partial charge in [-0.05, 0) is 30.7 Å². The highest BCUT2D eigenvalue weighted by Gasteiger charge is 2.07. The summed E-state index contributed by atoms with van der Waals surface area (Å²) in [6, 6.07) is 5.20. The molecule has 0 bridgehead atoms. The zero-order valence-corrected chi connectivity index (χ0v) is 14.5. The average molecular weight is 350 g/mol. The predicted octanol–water partition coefficient (Wildman–Crippen LogP) is 0.513. The third-order valence-corrected chi connectivity index (χ3v) is 2.97. The molecule has 1 aromatic rings. The first kappa shape index (κ1) is 20.0. The quantitative estimate of drug-likeness (QED) is 0.497. The highest BCUT2D eigenvalue weighted by atomic mass is 16.5. The molecule has 0 spiro atoms. The van der Waals surface area contributed by atoms with Gasteiger partial charge in [0.15, 0.2) is 18.1 Å². The molecule has 0 aliphatic heterocycles. The van der Waals surface area contributed by atoms with E-state index in [0.717, 1.165) is 0 Å². The lowest BCUT2D eigenvalue weighted by Gasteiger charge is -2.09. The lowest BCUT2D eigenvalue weighted by molar-refractivity contribution is -0.143. The van der Waals surface area contributed by atoms with Crippen LogP contribution >= 0.6 is 0 Å². The van der Waals surface area contributed by atoms with E-state index in [4.69, 9.17) is 14.2 Å². The van der Waals surface area contributed by atoms with Crippen LogP contribution in [0.2, 0.25) is 0 Å². The molecule has 0 atom stereocenters. The van der Waals surface area contributed by atoms with Gasteiger partial charge in [-0.1, -0.05) is 6.07 Å². The van der Waals surface area contributed by atoms with Gasteiger partial charge in [0, 0.05) is 13.1 Å². The Hall–Kier alpha value is -3.03. The molecule has 0 aliphatic carbocycles. The molecule has 0 saturated carbocycles. The van der Waals surface area contributed by atoms with Crippen molar-refractivity contribution in [2.45, 2.75) is 6.92 Å². The summed E-state index contributed by atoms with van der Waals surface area (Å²) in [5, 5.41) is 4.67. The standard InChI is InChI=1S/C17H22N2O6/c1-4-24-14-9-12(5-7-13(14)23-3)6-8-17(22)25-11-16(21)19-10-15(20)18-2/h5-9H,4,10-11H2,1-3H3,(H,18,20)(H,19,21)/b8-6+. The van der Waals surface area contributed by atoms with E-state index in [2.05, 4.69) is 10.6 Å². The number of nitrogens with one attached hydrogen (secondary N) is 2. The van der Waals surface area contributed by atoms with Crippen molar-refractivity contribution in [1.82, 2.24) is 10.6 Å². The van der Waals surface area contributed by atoms with Crippen LogP contribution in [0.1, 0.15) is 12.5 Å². The largest absolute Gasteiger partial charge is 0.493 e. The zero-order chi connectivity index (χ0) is 18.7. The minimum Gasteiger partial charge on any atom is -0.493 e. The summed E-state index contributed by atoms with van der Waals surface area (Å²) in [6.45, 7) is 1.70. The Labute approximate surface area is 146 Å². The summed E-state index contributed by atoms with van der Waals surface area (Å²) < 4.78 is 15.4. The number of amides is 2. The number of likely N-dealkylation sites (N-methyl/N-ethyl adjacent to an activating group) is 1. The number of carbonyl (C=O) groups is 3. The second-order valence-corrected chi connectivity index (χ2v) is 4.73. The molecule has 0 fully saturated rings. The van der Waals surface area contributed by atoms with Crippen LogP contribution < -0.4 is 20.1 Å². The van der Waals surface area contributed by atoms with Crippen LogP contribution in [0.25, 0.3) is 6.08 Å². The van der Waals surface area contributed by atoms with Crippen LogP contribution in [0, 0.1) is 0 Å². The first-order valence-corrected chi connectivity index (χ1v) is 7.63. The van der Waals surface area contributed by atoms with E-state index in [9.17, 15) is 14.4 Å². The third-order valence-electron chi connectivity index (χ3n) is 2.97. The van der Waals surface area contributed by atoms with Crippen molar-refractivity contribution in [2.24, 2.45) is 0 Å². The summed E-state index contributed by atoms with van der Waals surface area (Å²) >= 11 is 0. The molecule has 25 heavy (non-hydrogen) atoms. The molecule has 0 saturated heterocycles. The van der Waals surface area contributed by atoms with E-state index in [1.165, 1.54) is 19.2 Å². The molecule has 8 nitrogen and oxygen atoms in total. The molecule has 0 aromatic heterocycles. The van der Waals surface area contributed by atoms with Crippen molar-refractivity contribution in [3.8, 4) is 11.5 Å². The number of hydrogen-bond donors (Lipinski definition) is 2. The smallest absolute Gasteiger partial charge is 0.331 e. The van der Waals surface area contributed by atoms with Crippen LogP contribution in [0.15, 0.2) is 24.3 Å². The van der Waals surface area contributed by atoms with E-state index >= 15 is 0 Å². The van der Waals surface area contributed by atoms with Crippen LogP contribution in [-0.4, -0.2) is 51.7 Å². The van der Waals surface area contributed by atoms with E-state index in [0.29, 0.717) is 23.7 Å². The van der Waals surface area contributed by atoms with E-state index in [1.807, 2.05) is 6.92 Å². The minimum atomic E-state index is -0.677. The molecular weight excluding hydrogens is 328 g/mol. The lowest BCUT2D eigenvalue weighted by Crippen LogP contribution is -2.37. The molecular formula is C17H22N2O6. The van der Waals surface area contributed by atoms with Gasteiger partial charge in [0.25, 0.3) is 5.91 Å². The molecule has 1 aromatic carbocycles. The number of ether oxygens (including phenoxy) is 3. The molecule has 0 heterocycles. The van der Waals surface area contributed by atoms with Gasteiger partial charge >= 0.3 is 5.97 Å². The molecule has 2 N–H and O–H groups in total. The van der Waals surface area contributed by atoms with Gasteiger partial charge in [0.1, 0.15) is 0 Å². The van der Waals surface area contributed by atoms with Crippen LogP contribution in [0.5, 0.6) is 11.5 Å². The van der Waals surface area contributed by atoms with E-state index in [1.54, 1.807) is 25.3 Å². The summed E-state index contributed by atoms with van der Waals surface area (Å²) in [5.74, 6) is -0.426. The van der Waals surface area contributed by atoms with Gasteiger partial charge in [-0.2, -0.15) is 0 Å². The van der Waals surface area contributed by atoms with Crippen LogP contribution in [-0.2, 0) is 19.1 Å². The molecule has 0 aliphatic rings. The number of esters is 1. The Morgan fingerprint density at radius 1 is 1.16 bits per heavy atom. The maximum Gasteiger partial charge on any atom is 0.331 e. The van der Waals surface area contributed by atoms with E-state index < -0.39 is 18.5 Å². The number of benzene rings is 1. The lowest BCUT2D eigenvalue weighted by atomic mass is 10.2. The zero-order valence-electron chi connectivity index (χ0n) is 14.5. The first-order chi connectivity index (χ1) is 12.0. The Kier molecular flexibility index (Phi) is 8.56. The van der Waals surface area contributed by atoms with Crippen molar-refractivity contribution in [3.05, 3.63) is 29.8 Å². The first-order valence-electron chi connectivity index (χ1n) is 7.63. The van der Waals surface area contributed by atoms with Crippen molar-refractivity contribution < 1.29 is 28.6 Å². The molecule has 0 radical (unpaired) electrons. The normalized spacial score (nSPS) is 10.2. The monoisotopic (exact) mass is 350 g/mol. The number of rotatable bonds is 9. The number of carbonyl (C=O) groups excluding carboxylic acids is 3. The summed E-state index contributed by atoms with van der Waals surface area (Å²) in [5.41, 5.74) is 0.713. The number of hydrogen-bond acceptors (Lipinski definition) is 6. The van der Waals surface area contributed by atoms with Gasteiger partial charge in [0.2, 0.25) is 5.91 Å². The van der Waals surface area contributed by atoms with Crippen molar-refractivity contribution in [1.29, 1.82) is 0 Å². The SMILES string of the molecule is CCOc1cc(/C=C/C(=O)OCC(=O)NCC(=O)NC)ccc1OC. The second-order valence-electron chi connectivity index (χ2n) is 4.73. The molecule has 0 unspecified atom stereocenters. The maximum atomic E-state index is 11.6. The Bertz CT molecular complexity index is 642. The van der Waals surface area contributed by atoms with Gasteiger partial charge in [0.05, 0.1) is 20.3 Å². The molecule has 2 amide bonds. The maximum absolute atomic E-state index is 11.6. The molecule has 8 heteroatoms. The fourth-order valence-electron chi connectivity index (χ4n) is 1.73. The fourth-order valence-corrected chi connectivity index (χ4v) is 1.73. The van der Waals surface area contributed by atoms with Gasteiger partial charge in [-0.15, -0.1) is 0 Å². The van der Waals surface area contributed by atoms with Crippen molar-refractivity contribution >= 4 is 23.9 Å². The van der Waals surface area contributed by atoms with Crippen molar-refractivity contribution in [2.75, 3.05) is 33.9 Å². The van der Waals surface area contributed by atoms with Gasteiger partial charge in [-0.3, -0.25) is 9.59 Å².